The van der Waals surface area contributed by atoms with Crippen LogP contribution in [-0.2, 0) is 4.79 Å². The van der Waals surface area contributed by atoms with E-state index in [4.69, 9.17) is 0 Å². The fourth-order valence-electron chi connectivity index (χ4n) is 2.05. The molecule has 2 rings (SSSR count). The average molecular weight is 251 g/mol. The van der Waals surface area contributed by atoms with Crippen LogP contribution in [0.25, 0.3) is 5.57 Å². The van der Waals surface area contributed by atoms with Gasteiger partial charge in [0.2, 0.25) is 0 Å². The second-order valence-electron chi connectivity index (χ2n) is 4.20. The van der Waals surface area contributed by atoms with Gasteiger partial charge in [-0.05, 0) is 37.1 Å². The molecule has 1 aliphatic heterocycles. The van der Waals surface area contributed by atoms with Crippen molar-refractivity contribution in [3.8, 4) is 0 Å². The molecule has 0 N–H and O–H groups in total. The molecule has 0 unspecified atom stereocenters. The first-order chi connectivity index (χ1) is 9.30. The maximum atomic E-state index is 11.1. The minimum Gasteiger partial charge on any atom is -0.315 e. The summed E-state index contributed by atoms with van der Waals surface area (Å²) in [7, 11) is 0. The van der Waals surface area contributed by atoms with Crippen molar-refractivity contribution >= 4 is 11.9 Å². The molecule has 0 bridgehead atoms. The van der Waals surface area contributed by atoms with Gasteiger partial charge in [-0.3, -0.25) is 4.79 Å². The Bertz CT molecular complexity index is 577. The summed E-state index contributed by atoms with van der Waals surface area (Å²) in [5.74, 6) is 0. The Kier molecular flexibility index (Phi) is 4.14. The average Bonchev–Trinajstić information content (AvgIpc) is 2.49. The van der Waals surface area contributed by atoms with Crippen LogP contribution in [0.4, 0.5) is 0 Å². The molecule has 96 valence electrons. The van der Waals surface area contributed by atoms with Gasteiger partial charge in [0, 0.05) is 11.9 Å². The van der Waals surface area contributed by atoms with E-state index in [-0.39, 0.29) is 0 Å². The number of carbonyl (C=O) groups excluding carboxylic acids is 1. The second kappa shape index (κ2) is 6.01. The number of allylic oxidation sites excluding steroid dienone is 6. The largest absolute Gasteiger partial charge is 0.315 e. The lowest BCUT2D eigenvalue weighted by atomic mass is 10.0. The van der Waals surface area contributed by atoms with Crippen molar-refractivity contribution in [3.63, 3.8) is 0 Å². The summed E-state index contributed by atoms with van der Waals surface area (Å²) in [6.45, 7) is 3.83. The molecule has 1 heterocycles. The van der Waals surface area contributed by atoms with Crippen molar-refractivity contribution in [2.45, 2.75) is 13.8 Å². The van der Waals surface area contributed by atoms with E-state index in [9.17, 15) is 4.79 Å². The maximum absolute atomic E-state index is 11.1. The van der Waals surface area contributed by atoms with Gasteiger partial charge in [-0.25, -0.2) is 0 Å². The number of carbonyl (C=O) groups is 1. The van der Waals surface area contributed by atoms with Gasteiger partial charge >= 0.3 is 0 Å². The van der Waals surface area contributed by atoms with E-state index in [0.717, 1.165) is 17.6 Å². The Morgan fingerprint density at radius 2 is 1.89 bits per heavy atom. The van der Waals surface area contributed by atoms with Gasteiger partial charge in [-0.1, -0.05) is 42.5 Å². The van der Waals surface area contributed by atoms with Crippen LogP contribution >= 0.6 is 0 Å². The summed E-state index contributed by atoms with van der Waals surface area (Å²) in [6, 6.07) is 10.2. The van der Waals surface area contributed by atoms with Crippen molar-refractivity contribution in [1.29, 1.82) is 0 Å². The van der Waals surface area contributed by atoms with Gasteiger partial charge in [0.1, 0.15) is 0 Å². The minimum atomic E-state index is 0.646. The molecule has 1 aromatic carbocycles. The topological polar surface area (TPSA) is 20.3 Å². The lowest BCUT2D eigenvalue weighted by Gasteiger charge is -2.25. The number of benzene rings is 1. The quantitative estimate of drug-likeness (QED) is 0.599. The molecule has 2 nitrogen and oxygen atoms in total. The third kappa shape index (κ3) is 2.74. The number of hydrogen-bond acceptors (Lipinski definition) is 2. The van der Waals surface area contributed by atoms with Gasteiger partial charge in [-0.2, -0.15) is 0 Å². The summed E-state index contributed by atoms with van der Waals surface area (Å²) in [5.41, 5.74) is 3.96. The molecule has 2 heteroatoms. The molecular formula is C17H17NO. The third-order valence-corrected chi connectivity index (χ3v) is 3.08. The second-order valence-corrected chi connectivity index (χ2v) is 4.20. The monoisotopic (exact) mass is 251 g/mol. The summed E-state index contributed by atoms with van der Waals surface area (Å²) in [6.07, 6.45) is 10.7. The Labute approximate surface area is 114 Å². The molecule has 0 aliphatic carbocycles. The summed E-state index contributed by atoms with van der Waals surface area (Å²) in [5, 5.41) is 0. The maximum Gasteiger partial charge on any atom is 0.166 e. The summed E-state index contributed by atoms with van der Waals surface area (Å²) >= 11 is 0. The zero-order chi connectivity index (χ0) is 13.7. The Morgan fingerprint density at radius 3 is 2.47 bits per heavy atom. The molecule has 0 fully saturated rings. The zero-order valence-corrected chi connectivity index (χ0v) is 11.2. The molecule has 19 heavy (non-hydrogen) atoms. The van der Waals surface area contributed by atoms with E-state index < -0.39 is 0 Å². The van der Waals surface area contributed by atoms with Crippen LogP contribution in [0.15, 0.2) is 72.2 Å². The van der Waals surface area contributed by atoms with Crippen LogP contribution in [-0.4, -0.2) is 11.2 Å². The van der Waals surface area contributed by atoms with E-state index in [1.165, 1.54) is 5.56 Å². The molecule has 0 spiro atoms. The van der Waals surface area contributed by atoms with Crippen molar-refractivity contribution in [2.75, 3.05) is 0 Å². The van der Waals surface area contributed by atoms with Crippen LogP contribution < -0.4 is 0 Å². The van der Waals surface area contributed by atoms with Crippen LogP contribution in [0.1, 0.15) is 19.4 Å². The fourth-order valence-corrected chi connectivity index (χ4v) is 2.05. The van der Waals surface area contributed by atoms with E-state index in [0.29, 0.717) is 5.70 Å². The molecular weight excluding hydrogens is 234 g/mol. The SMILES string of the molecule is CC=C1C=C(c2ccccc2)C=CN1/C(C=O)=C\C. The molecule has 0 atom stereocenters. The summed E-state index contributed by atoms with van der Waals surface area (Å²) < 4.78 is 0. The predicted octanol–water partition coefficient (Wildman–Crippen LogP) is 3.91. The Hall–Kier alpha value is -2.35. The first kappa shape index (κ1) is 13.1. The molecule has 0 aromatic heterocycles. The first-order valence-corrected chi connectivity index (χ1v) is 6.32. The van der Waals surface area contributed by atoms with Crippen molar-refractivity contribution in [1.82, 2.24) is 4.90 Å². The molecule has 0 amide bonds. The third-order valence-electron chi connectivity index (χ3n) is 3.08. The summed E-state index contributed by atoms with van der Waals surface area (Å²) in [4.78, 5) is 12.9. The minimum absolute atomic E-state index is 0.646. The highest BCUT2D eigenvalue weighted by atomic mass is 16.1. The van der Waals surface area contributed by atoms with Crippen LogP contribution in [0.3, 0.4) is 0 Å². The van der Waals surface area contributed by atoms with E-state index in [2.05, 4.69) is 18.2 Å². The normalized spacial score (nSPS) is 17.6. The molecule has 1 aliphatic rings. The smallest absolute Gasteiger partial charge is 0.166 e. The highest BCUT2D eigenvalue weighted by molar-refractivity contribution is 5.80. The first-order valence-electron chi connectivity index (χ1n) is 6.32. The molecule has 1 aromatic rings. The van der Waals surface area contributed by atoms with Crippen LogP contribution in [0.2, 0.25) is 0 Å². The van der Waals surface area contributed by atoms with Gasteiger partial charge in [-0.15, -0.1) is 0 Å². The van der Waals surface area contributed by atoms with E-state index >= 15 is 0 Å². The van der Waals surface area contributed by atoms with Gasteiger partial charge in [0.15, 0.2) is 6.29 Å². The van der Waals surface area contributed by atoms with Crippen molar-refractivity contribution in [2.24, 2.45) is 0 Å². The van der Waals surface area contributed by atoms with Gasteiger partial charge in [0.25, 0.3) is 0 Å². The Morgan fingerprint density at radius 1 is 1.16 bits per heavy atom. The van der Waals surface area contributed by atoms with Crippen LogP contribution in [0, 0.1) is 0 Å². The van der Waals surface area contributed by atoms with Gasteiger partial charge < -0.3 is 4.90 Å². The molecule has 0 saturated heterocycles. The lowest BCUT2D eigenvalue weighted by molar-refractivity contribution is -0.105. The van der Waals surface area contributed by atoms with Crippen molar-refractivity contribution < 1.29 is 4.79 Å². The fraction of sp³-hybridized carbons (Fsp3) is 0.118. The van der Waals surface area contributed by atoms with E-state index in [1.807, 2.05) is 61.4 Å². The zero-order valence-electron chi connectivity index (χ0n) is 11.2. The predicted molar refractivity (Wildman–Crippen MR) is 79.0 cm³/mol. The van der Waals surface area contributed by atoms with E-state index in [1.54, 1.807) is 0 Å². The Balaban J connectivity index is 2.36. The van der Waals surface area contributed by atoms with Gasteiger partial charge in [0.05, 0.1) is 5.70 Å². The number of nitrogens with zero attached hydrogens (tertiary/aromatic N) is 1. The highest BCUT2D eigenvalue weighted by Gasteiger charge is 2.13. The number of aldehydes is 1. The van der Waals surface area contributed by atoms with Crippen LogP contribution in [0.5, 0.6) is 0 Å². The van der Waals surface area contributed by atoms with Crippen molar-refractivity contribution in [3.05, 3.63) is 77.8 Å². The highest BCUT2D eigenvalue weighted by Crippen LogP contribution is 2.26. The number of rotatable bonds is 3. The standard InChI is InChI=1S/C17H17NO/c1-3-16-12-15(14-8-6-5-7-9-14)10-11-18(16)17(4-2)13-19/h3-13H,1-2H3/b16-3?,17-4-. The lowest BCUT2D eigenvalue weighted by Crippen LogP contribution is -2.18. The molecule has 0 saturated carbocycles. The number of hydrogen-bond donors (Lipinski definition) is 0. The molecule has 0 radical (unpaired) electrons.